The first-order chi connectivity index (χ1) is 8.34. The van der Waals surface area contributed by atoms with E-state index in [1.807, 2.05) is 0 Å². The summed E-state index contributed by atoms with van der Waals surface area (Å²) >= 11 is 0. The van der Waals surface area contributed by atoms with Crippen LogP contribution >= 0.6 is 0 Å². The van der Waals surface area contributed by atoms with E-state index in [4.69, 9.17) is 5.11 Å². The van der Waals surface area contributed by atoms with Gasteiger partial charge in [-0.2, -0.15) is 4.31 Å². The number of hydrogen-bond acceptors (Lipinski definition) is 3. The number of carbonyl (C=O) groups is 1. The Labute approximate surface area is 107 Å². The molecule has 0 saturated carbocycles. The van der Waals surface area contributed by atoms with Crippen LogP contribution in [0.15, 0.2) is 23.1 Å². The smallest absolute Gasteiger partial charge is 0.337 e. The van der Waals surface area contributed by atoms with Gasteiger partial charge in [0.05, 0.1) is 10.5 Å². The molecule has 0 aromatic heterocycles. The third-order valence-electron chi connectivity index (χ3n) is 2.69. The fourth-order valence-corrected chi connectivity index (χ4v) is 3.36. The van der Waals surface area contributed by atoms with Gasteiger partial charge in [0.15, 0.2) is 0 Å². The van der Waals surface area contributed by atoms with E-state index in [1.165, 1.54) is 16.4 Å². The fourth-order valence-electron chi connectivity index (χ4n) is 1.74. The second kappa shape index (κ2) is 5.49. The van der Waals surface area contributed by atoms with Crippen molar-refractivity contribution < 1.29 is 18.3 Å². The van der Waals surface area contributed by atoms with Crippen LogP contribution in [0.4, 0.5) is 0 Å². The summed E-state index contributed by atoms with van der Waals surface area (Å²) < 4.78 is 25.8. The highest BCUT2D eigenvalue weighted by Gasteiger charge is 2.26. The molecule has 0 amide bonds. The van der Waals surface area contributed by atoms with Crippen LogP contribution in [0.25, 0.3) is 0 Å². The summed E-state index contributed by atoms with van der Waals surface area (Å²) in [7, 11) is -3.74. The van der Waals surface area contributed by atoms with Crippen molar-refractivity contribution in [1.29, 1.82) is 0 Å². The van der Waals surface area contributed by atoms with Crippen molar-refractivity contribution in [1.82, 2.24) is 4.31 Å². The van der Waals surface area contributed by atoms with Gasteiger partial charge in [0, 0.05) is 13.1 Å². The number of carboxylic acids is 1. The number of aromatic carboxylic acids is 1. The lowest BCUT2D eigenvalue weighted by molar-refractivity contribution is 0.0692. The van der Waals surface area contributed by atoms with Gasteiger partial charge in [0.1, 0.15) is 0 Å². The van der Waals surface area contributed by atoms with Gasteiger partial charge in [-0.3, -0.25) is 0 Å². The first kappa shape index (κ1) is 14.7. The fraction of sp³-hybridized carbons (Fsp3) is 0.417. The molecule has 1 N–H and O–H groups in total. The van der Waals surface area contributed by atoms with Crippen molar-refractivity contribution in [3.8, 4) is 0 Å². The Hall–Kier alpha value is -1.40. The van der Waals surface area contributed by atoms with E-state index in [0.29, 0.717) is 18.7 Å². The molecule has 0 spiro atoms. The predicted octanol–water partition coefficient (Wildman–Crippen LogP) is 1.72. The summed E-state index contributed by atoms with van der Waals surface area (Å²) in [6.45, 7) is 5.78. The van der Waals surface area contributed by atoms with E-state index in [2.05, 4.69) is 0 Å². The molecule has 0 bridgehead atoms. The number of rotatable bonds is 5. The zero-order valence-corrected chi connectivity index (χ0v) is 11.5. The highest BCUT2D eigenvalue weighted by Crippen LogP contribution is 2.21. The largest absolute Gasteiger partial charge is 0.478 e. The molecule has 6 heteroatoms. The van der Waals surface area contributed by atoms with E-state index < -0.39 is 16.0 Å². The molecular formula is C12H17NO4S. The van der Waals surface area contributed by atoms with Gasteiger partial charge in [-0.05, 0) is 19.1 Å². The average Bonchev–Trinajstić information content (AvgIpc) is 2.29. The number of carboxylic acid groups (broad SMARTS) is 1. The Balaban J connectivity index is 3.46. The van der Waals surface area contributed by atoms with Gasteiger partial charge < -0.3 is 5.11 Å². The first-order valence-corrected chi connectivity index (χ1v) is 7.12. The molecule has 0 unspecified atom stereocenters. The van der Waals surface area contributed by atoms with Gasteiger partial charge in [0.25, 0.3) is 0 Å². The maximum atomic E-state index is 12.3. The lowest BCUT2D eigenvalue weighted by Gasteiger charge is -2.19. The van der Waals surface area contributed by atoms with Gasteiger partial charge in [-0.15, -0.1) is 0 Å². The van der Waals surface area contributed by atoms with Crippen LogP contribution in [-0.4, -0.2) is 36.9 Å². The van der Waals surface area contributed by atoms with Crippen molar-refractivity contribution in [2.45, 2.75) is 25.7 Å². The van der Waals surface area contributed by atoms with Gasteiger partial charge in [0.2, 0.25) is 10.0 Å². The Morgan fingerprint density at radius 1 is 1.28 bits per heavy atom. The maximum Gasteiger partial charge on any atom is 0.337 e. The van der Waals surface area contributed by atoms with Crippen molar-refractivity contribution in [3.63, 3.8) is 0 Å². The number of hydrogen-bond donors (Lipinski definition) is 1. The second-order valence-electron chi connectivity index (χ2n) is 3.89. The zero-order valence-electron chi connectivity index (χ0n) is 10.7. The first-order valence-electron chi connectivity index (χ1n) is 5.68. The summed E-state index contributed by atoms with van der Waals surface area (Å²) in [5, 5.41) is 9.10. The van der Waals surface area contributed by atoms with Gasteiger partial charge in [-0.25, -0.2) is 13.2 Å². The number of aryl methyl sites for hydroxylation is 1. The van der Waals surface area contributed by atoms with Gasteiger partial charge >= 0.3 is 5.97 Å². The molecule has 0 aliphatic carbocycles. The summed E-state index contributed by atoms with van der Waals surface area (Å²) in [5.41, 5.74) is 0.535. The van der Waals surface area contributed by atoms with E-state index in [-0.39, 0.29) is 10.5 Å². The van der Waals surface area contributed by atoms with Crippen molar-refractivity contribution in [2.75, 3.05) is 13.1 Å². The molecule has 0 radical (unpaired) electrons. The molecule has 5 nitrogen and oxygen atoms in total. The molecule has 0 aliphatic heterocycles. The minimum Gasteiger partial charge on any atom is -0.478 e. The van der Waals surface area contributed by atoms with Crippen LogP contribution in [-0.2, 0) is 10.0 Å². The van der Waals surface area contributed by atoms with Crippen LogP contribution < -0.4 is 0 Å². The van der Waals surface area contributed by atoms with Crippen molar-refractivity contribution >= 4 is 16.0 Å². The van der Waals surface area contributed by atoms with E-state index >= 15 is 0 Å². The molecule has 0 heterocycles. The van der Waals surface area contributed by atoms with Crippen LogP contribution in [0.5, 0.6) is 0 Å². The number of sulfonamides is 1. The molecule has 0 aliphatic rings. The van der Waals surface area contributed by atoms with Gasteiger partial charge in [-0.1, -0.05) is 25.5 Å². The summed E-state index contributed by atoms with van der Waals surface area (Å²) in [5.74, 6) is -1.23. The minimum absolute atomic E-state index is 0.149. The Bertz CT molecular complexity index is 547. The standard InChI is InChI=1S/C12H17NO4S/c1-4-13(5-2)18(16,17)11-7-6-9(3)8-10(11)12(14)15/h6-8H,4-5H2,1-3H3,(H,14,15). The molecule has 1 rings (SSSR count). The molecule has 1 aromatic rings. The van der Waals surface area contributed by atoms with Crippen molar-refractivity contribution in [2.24, 2.45) is 0 Å². The molecule has 0 atom stereocenters. The molecule has 0 fully saturated rings. The molecule has 100 valence electrons. The molecule has 1 aromatic carbocycles. The Morgan fingerprint density at radius 2 is 1.83 bits per heavy atom. The second-order valence-corrected chi connectivity index (χ2v) is 5.80. The number of nitrogens with zero attached hydrogens (tertiary/aromatic N) is 1. The lowest BCUT2D eigenvalue weighted by atomic mass is 10.1. The minimum atomic E-state index is -3.74. The van der Waals surface area contributed by atoms with Crippen LogP contribution in [0.2, 0.25) is 0 Å². The van der Waals surface area contributed by atoms with E-state index in [0.717, 1.165) is 0 Å². The maximum absolute atomic E-state index is 12.3. The highest BCUT2D eigenvalue weighted by molar-refractivity contribution is 7.89. The quantitative estimate of drug-likeness (QED) is 0.885. The van der Waals surface area contributed by atoms with Crippen LogP contribution in [0.1, 0.15) is 29.8 Å². The van der Waals surface area contributed by atoms with Crippen LogP contribution in [0, 0.1) is 6.92 Å². The average molecular weight is 271 g/mol. The monoisotopic (exact) mass is 271 g/mol. The summed E-state index contributed by atoms with van der Waals surface area (Å²) in [6.07, 6.45) is 0. The molecule has 18 heavy (non-hydrogen) atoms. The molecular weight excluding hydrogens is 254 g/mol. The third-order valence-corrected chi connectivity index (χ3v) is 4.80. The normalized spacial score (nSPS) is 11.8. The molecule has 0 saturated heterocycles. The topological polar surface area (TPSA) is 74.7 Å². The van der Waals surface area contributed by atoms with E-state index in [1.54, 1.807) is 26.8 Å². The Morgan fingerprint density at radius 3 is 2.28 bits per heavy atom. The SMILES string of the molecule is CCN(CC)S(=O)(=O)c1ccc(C)cc1C(=O)O. The Kier molecular flexibility index (Phi) is 4.48. The van der Waals surface area contributed by atoms with E-state index in [9.17, 15) is 13.2 Å². The predicted molar refractivity (Wildman–Crippen MR) is 68.2 cm³/mol. The van der Waals surface area contributed by atoms with Crippen molar-refractivity contribution in [3.05, 3.63) is 29.3 Å². The zero-order chi connectivity index (χ0) is 13.9. The summed E-state index contributed by atoms with van der Waals surface area (Å²) in [4.78, 5) is 11.0. The number of benzene rings is 1. The summed E-state index contributed by atoms with van der Waals surface area (Å²) in [6, 6.07) is 4.33. The highest BCUT2D eigenvalue weighted by atomic mass is 32.2. The third kappa shape index (κ3) is 2.70. The van der Waals surface area contributed by atoms with Crippen LogP contribution in [0.3, 0.4) is 0 Å². The lowest BCUT2D eigenvalue weighted by Crippen LogP contribution is -2.31.